The molecule has 3 rings (SSSR count). The van der Waals surface area contributed by atoms with E-state index >= 15 is 0 Å². The number of furan rings is 1. The molecule has 2 heterocycles. The fraction of sp³-hybridized carbons (Fsp3) is 0.286. The SMILES string of the molecule is CC(C)CC(NC(=O)c1ccc(COc2ccc(F)cc2)o1)C(=O)Nc1ccn[nH]1. The van der Waals surface area contributed by atoms with Crippen LogP contribution in [-0.2, 0) is 11.4 Å². The molecular weight excluding hydrogens is 391 g/mol. The summed E-state index contributed by atoms with van der Waals surface area (Å²) in [7, 11) is 0. The van der Waals surface area contributed by atoms with Crippen LogP contribution < -0.4 is 15.4 Å². The van der Waals surface area contributed by atoms with Gasteiger partial charge in [0.25, 0.3) is 5.91 Å². The van der Waals surface area contributed by atoms with Crippen LogP contribution in [0.15, 0.2) is 53.1 Å². The van der Waals surface area contributed by atoms with Crippen molar-refractivity contribution in [3.05, 3.63) is 66.0 Å². The summed E-state index contributed by atoms with van der Waals surface area (Å²) < 4.78 is 24.0. The van der Waals surface area contributed by atoms with E-state index in [2.05, 4.69) is 20.8 Å². The van der Waals surface area contributed by atoms with E-state index in [0.717, 1.165) is 0 Å². The molecule has 30 heavy (non-hydrogen) atoms. The monoisotopic (exact) mass is 414 g/mol. The van der Waals surface area contributed by atoms with Gasteiger partial charge in [-0.1, -0.05) is 13.8 Å². The van der Waals surface area contributed by atoms with Crippen LogP contribution in [-0.4, -0.2) is 28.1 Å². The molecule has 1 aromatic carbocycles. The highest BCUT2D eigenvalue weighted by molar-refractivity contribution is 5.99. The number of hydrogen-bond acceptors (Lipinski definition) is 5. The van der Waals surface area contributed by atoms with Crippen molar-refractivity contribution < 1.29 is 23.1 Å². The van der Waals surface area contributed by atoms with E-state index in [1.807, 2.05) is 13.8 Å². The van der Waals surface area contributed by atoms with Crippen LogP contribution in [0.3, 0.4) is 0 Å². The Balaban J connectivity index is 1.59. The molecule has 158 valence electrons. The molecule has 9 heteroatoms. The highest BCUT2D eigenvalue weighted by Crippen LogP contribution is 2.16. The van der Waals surface area contributed by atoms with Crippen LogP contribution in [0.4, 0.5) is 10.2 Å². The molecule has 0 aliphatic carbocycles. The van der Waals surface area contributed by atoms with Gasteiger partial charge in [0.15, 0.2) is 5.76 Å². The van der Waals surface area contributed by atoms with Gasteiger partial charge >= 0.3 is 0 Å². The first-order valence-electron chi connectivity index (χ1n) is 9.49. The number of nitrogens with zero attached hydrogens (tertiary/aromatic N) is 1. The Bertz CT molecular complexity index is 967. The minimum Gasteiger partial charge on any atom is -0.486 e. The zero-order chi connectivity index (χ0) is 21.5. The Labute approximate surface area is 172 Å². The van der Waals surface area contributed by atoms with Gasteiger partial charge < -0.3 is 19.8 Å². The number of benzene rings is 1. The molecular formula is C21H23FN4O4. The number of rotatable bonds is 9. The average molecular weight is 414 g/mol. The third kappa shape index (κ3) is 5.94. The van der Waals surface area contributed by atoms with Gasteiger partial charge in [0.05, 0.1) is 6.20 Å². The lowest BCUT2D eigenvalue weighted by Crippen LogP contribution is -2.44. The topological polar surface area (TPSA) is 109 Å². The summed E-state index contributed by atoms with van der Waals surface area (Å²) in [6.45, 7) is 4.00. The molecule has 3 aromatic rings. The van der Waals surface area contributed by atoms with E-state index in [0.29, 0.717) is 23.7 Å². The van der Waals surface area contributed by atoms with E-state index in [1.165, 1.54) is 36.5 Å². The molecule has 3 N–H and O–H groups in total. The Hall–Kier alpha value is -3.62. The Morgan fingerprint density at radius 2 is 1.93 bits per heavy atom. The van der Waals surface area contributed by atoms with Crippen LogP contribution in [0.25, 0.3) is 0 Å². The molecule has 2 aromatic heterocycles. The second kappa shape index (κ2) is 9.73. The zero-order valence-corrected chi connectivity index (χ0v) is 16.6. The molecule has 0 spiro atoms. The van der Waals surface area contributed by atoms with Gasteiger partial charge in [0.1, 0.15) is 35.8 Å². The number of ether oxygens (including phenoxy) is 1. The van der Waals surface area contributed by atoms with Crippen molar-refractivity contribution in [3.63, 3.8) is 0 Å². The lowest BCUT2D eigenvalue weighted by molar-refractivity contribution is -0.118. The minimum atomic E-state index is -0.746. The summed E-state index contributed by atoms with van der Waals surface area (Å²) in [5, 5.41) is 11.8. The van der Waals surface area contributed by atoms with E-state index in [1.54, 1.807) is 12.1 Å². The fourth-order valence-corrected chi connectivity index (χ4v) is 2.74. The lowest BCUT2D eigenvalue weighted by Gasteiger charge is -2.19. The van der Waals surface area contributed by atoms with Crippen molar-refractivity contribution in [2.24, 2.45) is 5.92 Å². The van der Waals surface area contributed by atoms with Crippen LogP contribution >= 0.6 is 0 Å². The minimum absolute atomic E-state index is 0.0656. The number of amides is 2. The number of hydrogen-bond donors (Lipinski definition) is 3. The van der Waals surface area contributed by atoms with Gasteiger partial charge in [0.2, 0.25) is 5.91 Å². The molecule has 0 bridgehead atoms. The zero-order valence-electron chi connectivity index (χ0n) is 16.6. The molecule has 2 amide bonds. The number of aromatic amines is 1. The maximum atomic E-state index is 12.9. The summed E-state index contributed by atoms with van der Waals surface area (Å²) in [6.07, 6.45) is 1.97. The highest BCUT2D eigenvalue weighted by atomic mass is 19.1. The normalized spacial score (nSPS) is 11.9. The van der Waals surface area contributed by atoms with Crippen LogP contribution in [0.1, 0.15) is 36.6 Å². The third-order valence-electron chi connectivity index (χ3n) is 4.17. The Morgan fingerprint density at radius 1 is 1.17 bits per heavy atom. The van der Waals surface area contributed by atoms with Gasteiger partial charge in [-0.2, -0.15) is 5.10 Å². The number of anilines is 1. The average Bonchev–Trinajstić information content (AvgIpc) is 3.38. The van der Waals surface area contributed by atoms with Gasteiger partial charge in [-0.05, 0) is 48.7 Å². The van der Waals surface area contributed by atoms with Crippen LogP contribution in [0.5, 0.6) is 5.75 Å². The van der Waals surface area contributed by atoms with Gasteiger partial charge in [-0.15, -0.1) is 0 Å². The van der Waals surface area contributed by atoms with Crippen molar-refractivity contribution in [1.29, 1.82) is 0 Å². The lowest BCUT2D eigenvalue weighted by atomic mass is 10.0. The van der Waals surface area contributed by atoms with Crippen LogP contribution in [0, 0.1) is 11.7 Å². The second-order valence-corrected chi connectivity index (χ2v) is 7.12. The summed E-state index contributed by atoms with van der Waals surface area (Å²) in [5.74, 6) is 0.377. The molecule has 0 fully saturated rings. The number of carbonyl (C=O) groups is 2. The van der Waals surface area contributed by atoms with Crippen molar-refractivity contribution in [3.8, 4) is 5.75 Å². The molecule has 0 saturated heterocycles. The quantitative estimate of drug-likeness (QED) is 0.496. The van der Waals surface area contributed by atoms with Crippen LogP contribution in [0.2, 0.25) is 0 Å². The first kappa shape index (κ1) is 21.1. The van der Waals surface area contributed by atoms with Gasteiger partial charge in [-0.25, -0.2) is 4.39 Å². The first-order chi connectivity index (χ1) is 14.4. The number of aromatic nitrogens is 2. The maximum Gasteiger partial charge on any atom is 0.287 e. The van der Waals surface area contributed by atoms with Crippen molar-refractivity contribution >= 4 is 17.6 Å². The largest absolute Gasteiger partial charge is 0.486 e. The molecule has 0 saturated carbocycles. The van der Waals surface area contributed by atoms with E-state index in [4.69, 9.17) is 9.15 Å². The summed E-state index contributed by atoms with van der Waals surface area (Å²) >= 11 is 0. The fourth-order valence-electron chi connectivity index (χ4n) is 2.74. The summed E-state index contributed by atoms with van der Waals surface area (Å²) in [5.41, 5.74) is 0. The Kier molecular flexibility index (Phi) is 6.84. The smallest absolute Gasteiger partial charge is 0.287 e. The van der Waals surface area contributed by atoms with Gasteiger partial charge in [-0.3, -0.25) is 14.7 Å². The highest BCUT2D eigenvalue weighted by Gasteiger charge is 2.24. The predicted molar refractivity (Wildman–Crippen MR) is 107 cm³/mol. The van der Waals surface area contributed by atoms with Crippen molar-refractivity contribution in [2.75, 3.05) is 5.32 Å². The summed E-state index contributed by atoms with van der Waals surface area (Å²) in [4.78, 5) is 25.1. The standard InChI is InChI=1S/C21H23FN4O4/c1-13(2)11-17(20(27)25-19-9-10-23-26-19)24-21(28)18-8-7-16(30-18)12-29-15-5-3-14(22)4-6-15/h3-10,13,17H,11-12H2,1-2H3,(H,24,28)(H2,23,25,26,27). The molecule has 1 atom stereocenters. The van der Waals surface area contributed by atoms with Crippen molar-refractivity contribution in [2.45, 2.75) is 32.9 Å². The molecule has 0 aliphatic heterocycles. The van der Waals surface area contributed by atoms with Crippen molar-refractivity contribution in [1.82, 2.24) is 15.5 Å². The molecule has 0 radical (unpaired) electrons. The van der Waals surface area contributed by atoms with E-state index < -0.39 is 11.9 Å². The molecule has 0 aliphatic rings. The third-order valence-corrected chi connectivity index (χ3v) is 4.17. The first-order valence-corrected chi connectivity index (χ1v) is 9.49. The number of halogens is 1. The number of carbonyl (C=O) groups excluding carboxylic acids is 2. The summed E-state index contributed by atoms with van der Waals surface area (Å²) in [6, 6.07) is 9.58. The van der Waals surface area contributed by atoms with E-state index in [-0.39, 0.29) is 30.0 Å². The molecule has 8 nitrogen and oxygen atoms in total. The predicted octanol–water partition coefficient (Wildman–Crippen LogP) is 3.50. The van der Waals surface area contributed by atoms with E-state index in [9.17, 15) is 14.0 Å². The van der Waals surface area contributed by atoms with Gasteiger partial charge in [0, 0.05) is 6.07 Å². The maximum absolute atomic E-state index is 12.9. The Morgan fingerprint density at radius 3 is 2.60 bits per heavy atom. The number of H-pyrrole nitrogens is 1. The second-order valence-electron chi connectivity index (χ2n) is 7.12. The number of nitrogens with one attached hydrogen (secondary N) is 3. The molecule has 1 unspecified atom stereocenters.